The Morgan fingerprint density at radius 1 is 1.24 bits per heavy atom. The van der Waals surface area contributed by atoms with E-state index in [0.29, 0.717) is 5.92 Å². The molecule has 2 aliphatic heterocycles. The zero-order chi connectivity index (χ0) is 21.4. The first-order chi connectivity index (χ1) is 13.7. The molecule has 0 bridgehead atoms. The van der Waals surface area contributed by atoms with E-state index < -0.39 is 6.10 Å². The number of hydrogen-bond donors (Lipinski definition) is 2. The van der Waals surface area contributed by atoms with Gasteiger partial charge in [-0.25, -0.2) is 0 Å². The Morgan fingerprint density at radius 2 is 2.00 bits per heavy atom. The molecule has 2 aliphatic rings. The number of nitrogens with one attached hydrogen (secondary N) is 1. The molecule has 2 rings (SSSR count). The van der Waals surface area contributed by atoms with Crippen LogP contribution in [0.25, 0.3) is 0 Å². The van der Waals surface area contributed by atoms with Gasteiger partial charge in [-0.05, 0) is 58.3 Å². The van der Waals surface area contributed by atoms with Crippen LogP contribution in [0, 0.1) is 11.8 Å². The number of aliphatic hydroxyl groups is 1. The minimum Gasteiger partial charge on any atom is -0.389 e. The lowest BCUT2D eigenvalue weighted by Gasteiger charge is -2.39. The van der Waals surface area contributed by atoms with Crippen LogP contribution in [0.5, 0.6) is 0 Å². The summed E-state index contributed by atoms with van der Waals surface area (Å²) in [4.78, 5) is 12.0. The summed E-state index contributed by atoms with van der Waals surface area (Å²) in [6, 6.07) is -0.0113. The minimum absolute atomic E-state index is 0.0113. The predicted octanol–water partition coefficient (Wildman–Crippen LogP) is 3.93. The second-order valence-electron chi connectivity index (χ2n) is 8.89. The summed E-state index contributed by atoms with van der Waals surface area (Å²) in [7, 11) is 0. The van der Waals surface area contributed by atoms with Gasteiger partial charge in [-0.2, -0.15) is 0 Å². The average molecular weight is 406 g/mol. The Bertz CT molecular complexity index is 610. The number of carbonyl (C=O) groups excluding carboxylic acids is 1. The predicted molar refractivity (Wildman–Crippen MR) is 117 cm³/mol. The number of rotatable bonds is 7. The smallest absolute Gasteiger partial charge is 0.244 e. The number of amides is 1. The van der Waals surface area contributed by atoms with Gasteiger partial charge in [-0.15, -0.1) is 0 Å². The van der Waals surface area contributed by atoms with Gasteiger partial charge < -0.3 is 19.9 Å². The fourth-order valence-electron chi connectivity index (χ4n) is 3.94. The van der Waals surface area contributed by atoms with Crippen LogP contribution in [0.15, 0.2) is 36.0 Å². The van der Waals surface area contributed by atoms with Gasteiger partial charge >= 0.3 is 0 Å². The van der Waals surface area contributed by atoms with Crippen LogP contribution in [0.2, 0.25) is 0 Å². The van der Waals surface area contributed by atoms with Crippen molar-refractivity contribution in [2.45, 2.75) is 90.8 Å². The highest BCUT2D eigenvalue weighted by molar-refractivity contribution is 5.87. The molecule has 164 valence electrons. The van der Waals surface area contributed by atoms with Crippen molar-refractivity contribution in [1.82, 2.24) is 5.32 Å². The van der Waals surface area contributed by atoms with Crippen molar-refractivity contribution in [3.63, 3.8) is 0 Å². The summed E-state index contributed by atoms with van der Waals surface area (Å²) in [5.74, 6) is 0.904. The van der Waals surface area contributed by atoms with Gasteiger partial charge in [-0.1, -0.05) is 43.7 Å². The first-order valence-corrected chi connectivity index (χ1v) is 11.0. The van der Waals surface area contributed by atoms with E-state index in [0.717, 1.165) is 38.2 Å². The Kier molecular flexibility index (Phi) is 9.60. The first kappa shape index (κ1) is 23.8. The van der Waals surface area contributed by atoms with E-state index in [1.165, 1.54) is 17.7 Å². The van der Waals surface area contributed by atoms with Gasteiger partial charge in [-0.3, -0.25) is 4.79 Å². The number of carbonyl (C=O) groups is 1. The maximum absolute atomic E-state index is 12.0. The van der Waals surface area contributed by atoms with Gasteiger partial charge in [0.1, 0.15) is 0 Å². The normalized spacial score (nSPS) is 35.2. The van der Waals surface area contributed by atoms with Crippen molar-refractivity contribution >= 4 is 5.91 Å². The van der Waals surface area contributed by atoms with Gasteiger partial charge in [0.25, 0.3) is 0 Å². The molecule has 1 amide bonds. The Hall–Kier alpha value is -1.43. The van der Waals surface area contributed by atoms with Crippen molar-refractivity contribution in [2.24, 2.45) is 11.8 Å². The lowest BCUT2D eigenvalue weighted by atomic mass is 9.88. The number of hydrogen-bond acceptors (Lipinski definition) is 4. The monoisotopic (exact) mass is 405 g/mol. The topological polar surface area (TPSA) is 67.8 Å². The maximum atomic E-state index is 12.0. The third-order valence-electron chi connectivity index (χ3n) is 5.89. The van der Waals surface area contributed by atoms with Gasteiger partial charge in [0.15, 0.2) is 0 Å². The number of ether oxygens (including phenoxy) is 2. The van der Waals surface area contributed by atoms with E-state index >= 15 is 0 Å². The molecule has 0 aliphatic carbocycles. The summed E-state index contributed by atoms with van der Waals surface area (Å²) < 4.78 is 12.0. The molecule has 2 N–H and O–H groups in total. The third kappa shape index (κ3) is 8.45. The summed E-state index contributed by atoms with van der Waals surface area (Å²) in [5.41, 5.74) is 1.23. The molecule has 7 atom stereocenters. The van der Waals surface area contributed by atoms with Crippen LogP contribution < -0.4 is 5.32 Å². The SMILES string of the molecule is CC(/C=C/[C@@H]1CC(C)CCO1)=C\C[C@@H]1OC(C)C(NC(=O)/C=C\C(C)O)CC1C. The summed E-state index contributed by atoms with van der Waals surface area (Å²) in [6.45, 7) is 11.1. The first-order valence-electron chi connectivity index (χ1n) is 11.0. The number of aliphatic hydroxyl groups excluding tert-OH is 1. The highest BCUT2D eigenvalue weighted by Crippen LogP contribution is 2.28. The zero-order valence-corrected chi connectivity index (χ0v) is 18.6. The van der Waals surface area contributed by atoms with Crippen molar-refractivity contribution in [1.29, 1.82) is 0 Å². The van der Waals surface area contributed by atoms with Crippen molar-refractivity contribution in [3.05, 3.63) is 36.0 Å². The Labute approximate surface area is 176 Å². The molecule has 2 heterocycles. The van der Waals surface area contributed by atoms with Crippen molar-refractivity contribution < 1.29 is 19.4 Å². The largest absolute Gasteiger partial charge is 0.389 e. The highest BCUT2D eigenvalue weighted by Gasteiger charge is 2.33. The molecule has 2 saturated heterocycles. The van der Waals surface area contributed by atoms with E-state index in [2.05, 4.69) is 44.3 Å². The summed E-state index contributed by atoms with van der Waals surface area (Å²) in [6.07, 6.45) is 13.2. The summed E-state index contributed by atoms with van der Waals surface area (Å²) >= 11 is 0. The van der Waals surface area contributed by atoms with Gasteiger partial charge in [0, 0.05) is 12.7 Å². The van der Waals surface area contributed by atoms with E-state index in [1.54, 1.807) is 6.92 Å². The molecular weight excluding hydrogens is 366 g/mol. The molecule has 0 aromatic rings. The second-order valence-corrected chi connectivity index (χ2v) is 8.89. The van der Waals surface area contributed by atoms with E-state index in [9.17, 15) is 9.90 Å². The molecule has 0 aromatic heterocycles. The molecule has 0 radical (unpaired) electrons. The fourth-order valence-corrected chi connectivity index (χ4v) is 3.94. The van der Waals surface area contributed by atoms with Crippen LogP contribution in [-0.2, 0) is 14.3 Å². The van der Waals surface area contributed by atoms with Crippen LogP contribution in [0.3, 0.4) is 0 Å². The molecule has 0 saturated carbocycles. The van der Waals surface area contributed by atoms with Crippen LogP contribution in [-0.4, -0.2) is 48.1 Å². The molecule has 29 heavy (non-hydrogen) atoms. The lowest BCUT2D eigenvalue weighted by molar-refractivity contribution is -0.123. The Balaban J connectivity index is 1.81. The maximum Gasteiger partial charge on any atom is 0.244 e. The minimum atomic E-state index is -0.624. The van der Waals surface area contributed by atoms with E-state index in [1.807, 2.05) is 6.92 Å². The van der Waals surface area contributed by atoms with Gasteiger partial charge in [0.2, 0.25) is 5.91 Å². The van der Waals surface area contributed by atoms with Crippen molar-refractivity contribution in [2.75, 3.05) is 6.61 Å². The average Bonchev–Trinajstić information content (AvgIpc) is 2.66. The standard InChI is InChI=1S/C24H39NO4/c1-16(6-9-21-14-17(2)12-13-28-21)7-10-23-18(3)15-22(20(5)29-23)25-24(27)11-8-19(4)26/h6-9,11,17-23,26H,10,12-15H2,1-5H3,(H,25,27)/b9-6+,11-8-,16-7+/t17?,18?,19?,20?,21-,22?,23+/m1/s1. The van der Waals surface area contributed by atoms with Crippen LogP contribution in [0.4, 0.5) is 0 Å². The lowest BCUT2D eigenvalue weighted by Crippen LogP contribution is -2.50. The molecule has 2 fully saturated rings. The molecule has 0 spiro atoms. The quantitative estimate of drug-likeness (QED) is 0.497. The third-order valence-corrected chi connectivity index (χ3v) is 5.89. The van der Waals surface area contributed by atoms with Gasteiger partial charge in [0.05, 0.1) is 30.5 Å². The molecule has 5 heteroatoms. The molecular formula is C24H39NO4. The van der Waals surface area contributed by atoms with E-state index in [-0.39, 0.29) is 30.3 Å². The van der Waals surface area contributed by atoms with Crippen LogP contribution in [0.1, 0.15) is 60.3 Å². The zero-order valence-electron chi connectivity index (χ0n) is 18.6. The number of allylic oxidation sites excluding steroid dienone is 2. The molecule has 5 unspecified atom stereocenters. The molecule has 0 aromatic carbocycles. The highest BCUT2D eigenvalue weighted by atomic mass is 16.5. The van der Waals surface area contributed by atoms with Crippen molar-refractivity contribution in [3.8, 4) is 0 Å². The van der Waals surface area contributed by atoms with Crippen LogP contribution >= 0.6 is 0 Å². The van der Waals surface area contributed by atoms with E-state index in [4.69, 9.17) is 9.47 Å². The molecule has 5 nitrogen and oxygen atoms in total. The fraction of sp³-hybridized carbons (Fsp3) is 0.708. The Morgan fingerprint density at radius 3 is 2.69 bits per heavy atom. The second kappa shape index (κ2) is 11.7. The summed E-state index contributed by atoms with van der Waals surface area (Å²) in [5, 5.41) is 12.3.